The molecule has 0 unspecified atom stereocenters. The Kier molecular flexibility index (Phi) is 14.2. The number of methoxy groups -OCH3 is 1. The van der Waals surface area contributed by atoms with Crippen molar-refractivity contribution in [1.82, 2.24) is 30.0 Å². The fourth-order valence-corrected chi connectivity index (χ4v) is 7.17. The lowest BCUT2D eigenvalue weighted by molar-refractivity contribution is -0.139. The zero-order chi connectivity index (χ0) is 44.0. The Morgan fingerprint density at radius 2 is 1.67 bits per heavy atom. The number of hydrogen-bond acceptors (Lipinski definition) is 10. The molecule has 0 atom stereocenters. The van der Waals surface area contributed by atoms with E-state index < -0.39 is 41.0 Å². The fourth-order valence-electron chi connectivity index (χ4n) is 7.17. The average molecular weight is 839 g/mol. The second-order valence-corrected chi connectivity index (χ2v) is 17.0. The summed E-state index contributed by atoms with van der Waals surface area (Å²) in [7, 11) is 3.03. The molecule has 3 N–H and O–H groups in total. The lowest BCUT2D eigenvalue weighted by Crippen LogP contribution is -2.46. The summed E-state index contributed by atoms with van der Waals surface area (Å²) in [6.07, 6.45) is 0.185. The monoisotopic (exact) mass is 838 g/mol. The molecule has 2 heterocycles. The van der Waals surface area contributed by atoms with Crippen LogP contribution in [0, 0.1) is 0 Å². The van der Waals surface area contributed by atoms with Crippen molar-refractivity contribution >= 4 is 40.6 Å². The third-order valence-corrected chi connectivity index (χ3v) is 10.0. The third kappa shape index (κ3) is 12.2. The molecule has 1 aliphatic rings. The van der Waals surface area contributed by atoms with Crippen molar-refractivity contribution in [1.29, 1.82) is 0 Å². The van der Waals surface area contributed by atoms with Crippen molar-refractivity contribution < 1.29 is 41.8 Å². The molecule has 4 aromatic rings. The van der Waals surface area contributed by atoms with Gasteiger partial charge in [0.15, 0.2) is 0 Å². The van der Waals surface area contributed by atoms with E-state index in [-0.39, 0.29) is 49.5 Å². The van der Waals surface area contributed by atoms with Gasteiger partial charge in [0.1, 0.15) is 11.4 Å². The van der Waals surface area contributed by atoms with E-state index in [9.17, 15) is 27.6 Å². The maximum atomic E-state index is 14.1. The van der Waals surface area contributed by atoms with Crippen molar-refractivity contribution in [2.75, 3.05) is 30.9 Å². The van der Waals surface area contributed by atoms with Crippen molar-refractivity contribution in [3.05, 3.63) is 59.4 Å². The van der Waals surface area contributed by atoms with E-state index in [1.165, 1.54) is 24.1 Å². The van der Waals surface area contributed by atoms with Gasteiger partial charge >= 0.3 is 18.4 Å². The van der Waals surface area contributed by atoms with E-state index in [4.69, 9.17) is 19.2 Å². The molecule has 2 aromatic carbocycles. The number of fused-ring (bicyclic) bond motifs is 1. The Hall–Kier alpha value is -5.61. The van der Waals surface area contributed by atoms with Crippen molar-refractivity contribution in [3.8, 4) is 17.0 Å². The minimum atomic E-state index is -4.75. The molecule has 1 saturated carbocycles. The average Bonchev–Trinajstić information content (AvgIpc) is 3.52. The van der Waals surface area contributed by atoms with Gasteiger partial charge in [0.2, 0.25) is 11.9 Å². The molecular formula is C43H57F3N8O6. The van der Waals surface area contributed by atoms with Crippen molar-refractivity contribution in [2.45, 2.75) is 123 Å². The topological polar surface area (TPSA) is 162 Å². The molecule has 5 rings (SSSR count). The number of alkyl carbamates (subject to hydrolysis) is 1. The Balaban J connectivity index is 1.20. The number of carbonyl (C=O) groups is 3. The number of halogens is 3. The summed E-state index contributed by atoms with van der Waals surface area (Å²) in [6.45, 7) is 13.2. The molecule has 0 radical (unpaired) electrons. The fraction of sp³-hybridized carbons (Fsp3) is 0.535. The van der Waals surface area contributed by atoms with Crippen LogP contribution in [0.15, 0.2) is 42.6 Å². The van der Waals surface area contributed by atoms with Gasteiger partial charge in [-0.1, -0.05) is 6.92 Å². The zero-order valence-electron chi connectivity index (χ0n) is 35.9. The maximum Gasteiger partial charge on any atom is 0.420 e. The van der Waals surface area contributed by atoms with Crippen LogP contribution in [0.1, 0.15) is 97.4 Å². The molecule has 2 aromatic heterocycles. The number of nitrogens with zero attached hydrogens (tertiary/aromatic N) is 5. The van der Waals surface area contributed by atoms with Gasteiger partial charge in [-0.25, -0.2) is 19.6 Å². The third-order valence-electron chi connectivity index (χ3n) is 10.0. The van der Waals surface area contributed by atoms with E-state index in [1.54, 1.807) is 24.0 Å². The summed E-state index contributed by atoms with van der Waals surface area (Å²) in [5.74, 6) is -0.393. The molecule has 326 valence electrons. The number of benzene rings is 2. The quantitative estimate of drug-likeness (QED) is 0.111. The highest BCUT2D eigenvalue weighted by molar-refractivity contribution is 5.92. The summed E-state index contributed by atoms with van der Waals surface area (Å²) < 4.78 is 59.7. The largest absolute Gasteiger partial charge is 0.493 e. The van der Waals surface area contributed by atoms with Gasteiger partial charge in [-0.2, -0.15) is 18.3 Å². The first-order chi connectivity index (χ1) is 28.1. The van der Waals surface area contributed by atoms with Crippen LogP contribution in [0.2, 0.25) is 0 Å². The summed E-state index contributed by atoms with van der Waals surface area (Å²) in [4.78, 5) is 48.4. The molecule has 0 saturated heterocycles. The summed E-state index contributed by atoms with van der Waals surface area (Å²) >= 11 is 0. The summed E-state index contributed by atoms with van der Waals surface area (Å²) in [5.41, 5.74) is 1.67. The van der Waals surface area contributed by atoms with Crippen LogP contribution >= 0.6 is 0 Å². The van der Waals surface area contributed by atoms with Gasteiger partial charge in [0.25, 0.3) is 0 Å². The highest BCUT2D eigenvalue weighted by Gasteiger charge is 2.35. The van der Waals surface area contributed by atoms with Gasteiger partial charge < -0.3 is 35.1 Å². The lowest BCUT2D eigenvalue weighted by atomic mass is 9.91. The van der Waals surface area contributed by atoms with E-state index in [0.717, 1.165) is 59.5 Å². The number of aromatic nitrogens is 4. The molecule has 1 fully saturated rings. The van der Waals surface area contributed by atoms with Gasteiger partial charge in [0, 0.05) is 54.0 Å². The van der Waals surface area contributed by atoms with Gasteiger partial charge in [-0.15, -0.1) is 0 Å². The molecule has 0 aliphatic heterocycles. The van der Waals surface area contributed by atoms with Crippen LogP contribution in [0.5, 0.6) is 5.75 Å². The normalized spacial score (nSPS) is 15.9. The minimum absolute atomic E-state index is 0.0423. The second kappa shape index (κ2) is 18.8. The number of hydrogen-bond donors (Lipinski definition) is 3. The molecule has 14 nitrogen and oxygen atoms in total. The zero-order valence-corrected chi connectivity index (χ0v) is 35.9. The van der Waals surface area contributed by atoms with Crippen LogP contribution in [0.4, 0.5) is 34.4 Å². The first kappa shape index (κ1) is 45.5. The summed E-state index contributed by atoms with van der Waals surface area (Å²) in [6, 6.07) is 9.37. The van der Waals surface area contributed by atoms with Gasteiger partial charge in [-0.05, 0) is 122 Å². The van der Waals surface area contributed by atoms with Crippen molar-refractivity contribution in [3.63, 3.8) is 0 Å². The number of carbonyl (C=O) groups excluding carboxylic acids is 3. The van der Waals surface area contributed by atoms with Crippen LogP contribution in [0.25, 0.3) is 22.2 Å². The SMILES string of the molecule is CCc1cc(-c2cc(CC(=O)Nc3ccc(OCCCN(C(=O)OC)C(C)(C)C)c(C(F)(F)F)c3)nn2C)cc2cnc(NC3CCC(NC(=O)OC(C)(C)C)CC3)nc12. The number of anilines is 2. The summed E-state index contributed by atoms with van der Waals surface area (Å²) in [5, 5.41) is 14.4. The second-order valence-electron chi connectivity index (χ2n) is 17.0. The van der Waals surface area contributed by atoms with Gasteiger partial charge in [0.05, 0.1) is 42.6 Å². The number of nitrogens with one attached hydrogen (secondary N) is 3. The number of aryl methyl sites for hydroxylation is 2. The highest BCUT2D eigenvalue weighted by Crippen LogP contribution is 2.38. The Bertz CT molecular complexity index is 2150. The Morgan fingerprint density at radius 1 is 0.967 bits per heavy atom. The molecule has 0 bridgehead atoms. The van der Waals surface area contributed by atoms with E-state index >= 15 is 0 Å². The number of amides is 3. The van der Waals surface area contributed by atoms with E-state index in [2.05, 4.69) is 26.0 Å². The lowest BCUT2D eigenvalue weighted by Gasteiger charge is -2.34. The van der Waals surface area contributed by atoms with Crippen LogP contribution < -0.4 is 20.7 Å². The van der Waals surface area contributed by atoms with Crippen molar-refractivity contribution in [2.24, 2.45) is 7.05 Å². The van der Waals surface area contributed by atoms with Crippen LogP contribution in [-0.4, -0.2) is 86.2 Å². The van der Waals surface area contributed by atoms with Crippen LogP contribution in [0.3, 0.4) is 0 Å². The number of ether oxygens (including phenoxy) is 3. The molecular weight excluding hydrogens is 782 g/mol. The maximum absolute atomic E-state index is 14.1. The standard InChI is InChI=1S/C43H57F3N8O6/c1-10-26-20-27(21-28-25-47-38(51-37(26)28)49-29-12-14-30(15-13-29)50-39(56)60-42(5,6)7)34-23-32(52-53(34)8)24-36(55)48-31-16-17-35(33(22-31)43(44,45)46)59-19-11-18-54(40(57)58-9)41(2,3)4/h16-17,20-23,25,29-30H,10-15,18-19,24H2,1-9H3,(H,48,55)(H,50,56)(H,47,49,51). The van der Waals surface area contributed by atoms with Crippen LogP contribution in [-0.2, 0) is 40.3 Å². The Morgan fingerprint density at radius 3 is 2.30 bits per heavy atom. The smallest absolute Gasteiger partial charge is 0.420 e. The minimum Gasteiger partial charge on any atom is -0.493 e. The molecule has 60 heavy (non-hydrogen) atoms. The number of rotatable bonds is 13. The highest BCUT2D eigenvalue weighted by atomic mass is 19.4. The molecule has 3 amide bonds. The molecule has 0 spiro atoms. The first-order valence-electron chi connectivity index (χ1n) is 20.2. The van der Waals surface area contributed by atoms with E-state index in [1.807, 2.05) is 60.6 Å². The van der Waals surface area contributed by atoms with Gasteiger partial charge in [-0.3, -0.25) is 9.48 Å². The number of alkyl halides is 3. The molecule has 17 heteroatoms. The molecule has 1 aliphatic carbocycles. The van der Waals surface area contributed by atoms with E-state index in [0.29, 0.717) is 18.1 Å². The Labute approximate surface area is 348 Å². The predicted molar refractivity (Wildman–Crippen MR) is 223 cm³/mol. The predicted octanol–water partition coefficient (Wildman–Crippen LogP) is 8.68. The first-order valence-corrected chi connectivity index (χ1v) is 20.2.